The third-order valence-corrected chi connectivity index (χ3v) is 4.32. The summed E-state index contributed by atoms with van der Waals surface area (Å²) in [6.07, 6.45) is 0. The van der Waals surface area contributed by atoms with Crippen LogP contribution in [0.25, 0.3) is 0 Å². The number of rotatable bonds is 4. The lowest BCUT2D eigenvalue weighted by molar-refractivity contribution is -0.113. The van der Waals surface area contributed by atoms with Crippen LogP contribution < -0.4 is 11.1 Å². The van der Waals surface area contributed by atoms with Gasteiger partial charge in [-0.05, 0) is 24.3 Å². The Morgan fingerprint density at radius 3 is 2.25 bits per heavy atom. The van der Waals surface area contributed by atoms with Gasteiger partial charge in [-0.1, -0.05) is 30.3 Å². The smallest absolute Gasteiger partial charge is 0.239 e. The molecule has 0 aliphatic carbocycles. The summed E-state index contributed by atoms with van der Waals surface area (Å²) in [6.45, 7) is 0. The molecule has 0 saturated heterocycles. The van der Waals surface area contributed by atoms with Crippen LogP contribution in [0.1, 0.15) is 0 Å². The molecule has 5 nitrogen and oxygen atoms in total. The quantitative estimate of drug-likeness (QED) is 0.838. The van der Waals surface area contributed by atoms with Crippen molar-refractivity contribution in [2.24, 2.45) is 0 Å². The van der Waals surface area contributed by atoms with Gasteiger partial charge in [-0.15, -0.1) is 0 Å². The summed E-state index contributed by atoms with van der Waals surface area (Å²) in [5.41, 5.74) is 6.31. The van der Waals surface area contributed by atoms with Gasteiger partial charge in [0.05, 0.1) is 10.6 Å². The van der Waals surface area contributed by atoms with E-state index in [0.717, 1.165) is 0 Å². The standard InChI is InChI=1S/C14H14N2O3S/c15-12-8-4-5-9-13(12)20(18,19)10-14(17)16-11-6-2-1-3-7-11/h1-9H,10,15H2,(H,16,17). The van der Waals surface area contributed by atoms with Crippen molar-refractivity contribution in [1.82, 2.24) is 0 Å². The zero-order valence-electron chi connectivity index (χ0n) is 10.6. The number of hydrogen-bond donors (Lipinski definition) is 2. The predicted octanol–water partition coefficient (Wildman–Crippen LogP) is 1.68. The number of benzene rings is 2. The molecule has 0 heterocycles. The summed E-state index contributed by atoms with van der Waals surface area (Å²) in [6, 6.07) is 14.7. The Hall–Kier alpha value is -2.34. The van der Waals surface area contributed by atoms with Gasteiger partial charge in [-0.25, -0.2) is 8.42 Å². The van der Waals surface area contributed by atoms with Crippen LogP contribution >= 0.6 is 0 Å². The first kappa shape index (κ1) is 14.1. The SMILES string of the molecule is Nc1ccccc1S(=O)(=O)CC(=O)Nc1ccccc1. The molecule has 0 aliphatic heterocycles. The van der Waals surface area contributed by atoms with Crippen molar-refractivity contribution in [3.05, 3.63) is 54.6 Å². The minimum absolute atomic E-state index is 0.0248. The molecule has 0 spiro atoms. The lowest BCUT2D eigenvalue weighted by atomic mass is 10.3. The van der Waals surface area contributed by atoms with Crippen molar-refractivity contribution in [2.45, 2.75) is 4.90 Å². The fourth-order valence-electron chi connectivity index (χ4n) is 1.73. The third kappa shape index (κ3) is 3.36. The Morgan fingerprint density at radius 1 is 1.00 bits per heavy atom. The molecular weight excluding hydrogens is 276 g/mol. The maximum atomic E-state index is 12.1. The molecule has 2 rings (SSSR count). The number of nitrogen functional groups attached to an aromatic ring is 1. The number of carbonyl (C=O) groups excluding carboxylic acids is 1. The molecular formula is C14H14N2O3S. The van der Waals surface area contributed by atoms with Gasteiger partial charge in [0.15, 0.2) is 9.84 Å². The van der Waals surface area contributed by atoms with E-state index in [2.05, 4.69) is 5.32 Å². The topological polar surface area (TPSA) is 89.3 Å². The normalized spacial score (nSPS) is 11.0. The molecule has 2 aromatic rings. The van der Waals surface area contributed by atoms with Gasteiger partial charge in [-0.3, -0.25) is 4.79 Å². The Labute approximate surface area is 117 Å². The Balaban J connectivity index is 2.13. The number of sulfone groups is 1. The molecule has 20 heavy (non-hydrogen) atoms. The molecule has 0 fully saturated rings. The first-order valence-corrected chi connectivity index (χ1v) is 7.56. The highest BCUT2D eigenvalue weighted by Crippen LogP contribution is 2.19. The van der Waals surface area contributed by atoms with E-state index >= 15 is 0 Å². The average molecular weight is 290 g/mol. The van der Waals surface area contributed by atoms with Crippen LogP contribution in [-0.2, 0) is 14.6 Å². The van der Waals surface area contributed by atoms with Crippen molar-refractivity contribution in [3.8, 4) is 0 Å². The number of amides is 1. The lowest BCUT2D eigenvalue weighted by Gasteiger charge is -2.08. The summed E-state index contributed by atoms with van der Waals surface area (Å²) < 4.78 is 24.2. The molecule has 3 N–H and O–H groups in total. The molecule has 0 radical (unpaired) electrons. The van der Waals surface area contributed by atoms with Crippen LogP contribution in [-0.4, -0.2) is 20.1 Å². The van der Waals surface area contributed by atoms with E-state index in [9.17, 15) is 13.2 Å². The van der Waals surface area contributed by atoms with Crippen molar-refractivity contribution < 1.29 is 13.2 Å². The fraction of sp³-hybridized carbons (Fsp3) is 0.0714. The highest BCUT2D eigenvalue weighted by molar-refractivity contribution is 7.92. The van der Waals surface area contributed by atoms with Crippen LogP contribution in [0, 0.1) is 0 Å². The molecule has 0 unspecified atom stereocenters. The molecule has 0 bridgehead atoms. The zero-order chi connectivity index (χ0) is 14.6. The van der Waals surface area contributed by atoms with E-state index < -0.39 is 21.5 Å². The Bertz CT molecular complexity index is 712. The lowest BCUT2D eigenvalue weighted by Crippen LogP contribution is -2.23. The molecule has 6 heteroatoms. The predicted molar refractivity (Wildman–Crippen MR) is 78.0 cm³/mol. The van der Waals surface area contributed by atoms with Gasteiger partial charge in [0, 0.05) is 5.69 Å². The maximum Gasteiger partial charge on any atom is 0.239 e. The molecule has 104 valence electrons. The van der Waals surface area contributed by atoms with E-state index in [1.807, 2.05) is 0 Å². The summed E-state index contributed by atoms with van der Waals surface area (Å²) in [5, 5.41) is 2.53. The number of hydrogen-bond acceptors (Lipinski definition) is 4. The van der Waals surface area contributed by atoms with Gasteiger partial charge in [0.1, 0.15) is 5.75 Å². The Kier molecular flexibility index (Phi) is 4.05. The maximum absolute atomic E-state index is 12.1. The van der Waals surface area contributed by atoms with Crippen molar-refractivity contribution in [3.63, 3.8) is 0 Å². The van der Waals surface area contributed by atoms with E-state index in [0.29, 0.717) is 5.69 Å². The minimum atomic E-state index is -3.75. The van der Waals surface area contributed by atoms with Gasteiger partial charge in [0.25, 0.3) is 0 Å². The first-order valence-electron chi connectivity index (χ1n) is 5.91. The summed E-state index contributed by atoms with van der Waals surface area (Å²) in [4.78, 5) is 11.8. The first-order chi connectivity index (χ1) is 9.49. The fourth-order valence-corrected chi connectivity index (χ4v) is 3.02. The number of anilines is 2. The zero-order valence-corrected chi connectivity index (χ0v) is 11.4. The number of para-hydroxylation sites is 2. The second-order valence-corrected chi connectivity index (χ2v) is 6.17. The van der Waals surface area contributed by atoms with Gasteiger partial charge >= 0.3 is 0 Å². The highest BCUT2D eigenvalue weighted by atomic mass is 32.2. The average Bonchev–Trinajstić information content (AvgIpc) is 2.39. The summed E-state index contributed by atoms with van der Waals surface area (Å²) >= 11 is 0. The second kappa shape index (κ2) is 5.75. The number of nitrogens with one attached hydrogen (secondary N) is 1. The summed E-state index contributed by atoms with van der Waals surface area (Å²) in [5.74, 6) is -1.24. The van der Waals surface area contributed by atoms with Gasteiger partial charge in [-0.2, -0.15) is 0 Å². The highest BCUT2D eigenvalue weighted by Gasteiger charge is 2.21. The van der Waals surface area contributed by atoms with Crippen molar-refractivity contribution in [1.29, 1.82) is 0 Å². The monoisotopic (exact) mass is 290 g/mol. The van der Waals surface area contributed by atoms with Crippen LogP contribution in [0.5, 0.6) is 0 Å². The van der Waals surface area contributed by atoms with Gasteiger partial charge in [0.2, 0.25) is 5.91 Å². The van der Waals surface area contributed by atoms with Crippen LogP contribution in [0.2, 0.25) is 0 Å². The molecule has 0 saturated carbocycles. The molecule has 0 aromatic heterocycles. The van der Waals surface area contributed by atoms with Crippen LogP contribution in [0.4, 0.5) is 11.4 Å². The number of carbonyl (C=O) groups is 1. The van der Waals surface area contributed by atoms with Crippen LogP contribution in [0.15, 0.2) is 59.5 Å². The Morgan fingerprint density at radius 2 is 1.60 bits per heavy atom. The third-order valence-electron chi connectivity index (χ3n) is 2.63. The number of nitrogens with two attached hydrogens (primary N) is 1. The van der Waals surface area contributed by atoms with E-state index in [1.165, 1.54) is 12.1 Å². The molecule has 0 aliphatic rings. The second-order valence-electron chi connectivity index (χ2n) is 4.21. The van der Waals surface area contributed by atoms with Crippen molar-refractivity contribution in [2.75, 3.05) is 16.8 Å². The molecule has 0 atom stereocenters. The van der Waals surface area contributed by atoms with Crippen molar-refractivity contribution >= 4 is 27.1 Å². The largest absolute Gasteiger partial charge is 0.398 e. The van der Waals surface area contributed by atoms with E-state index in [1.54, 1.807) is 42.5 Å². The molecule has 2 aromatic carbocycles. The van der Waals surface area contributed by atoms with E-state index in [4.69, 9.17) is 5.73 Å². The minimum Gasteiger partial charge on any atom is -0.398 e. The van der Waals surface area contributed by atoms with E-state index in [-0.39, 0.29) is 10.6 Å². The van der Waals surface area contributed by atoms with Gasteiger partial charge < -0.3 is 11.1 Å². The summed E-state index contributed by atoms with van der Waals surface area (Å²) in [7, 11) is -3.75. The molecule has 1 amide bonds. The van der Waals surface area contributed by atoms with Crippen LogP contribution in [0.3, 0.4) is 0 Å².